The number of hydrogen-bond acceptors (Lipinski definition) is 5. The molecule has 0 saturated carbocycles. The van der Waals surface area contributed by atoms with Crippen LogP contribution in [0.5, 0.6) is 0 Å². The summed E-state index contributed by atoms with van der Waals surface area (Å²) in [4.78, 5) is 13.7. The van der Waals surface area contributed by atoms with Gasteiger partial charge in [-0.3, -0.25) is 0 Å². The van der Waals surface area contributed by atoms with Crippen molar-refractivity contribution in [2.45, 2.75) is 39.5 Å². The number of rotatable bonds is 8. The summed E-state index contributed by atoms with van der Waals surface area (Å²) in [5, 5.41) is 9.08. The summed E-state index contributed by atoms with van der Waals surface area (Å²) in [6, 6.07) is 1.87. The SMILES string of the molecule is CCCC[C@H](CC)COC(=O)/C(C#N)=C/C=C1\OC=CN1C. The molecule has 22 heavy (non-hydrogen) atoms. The summed E-state index contributed by atoms with van der Waals surface area (Å²) in [7, 11) is 1.81. The number of nitrogens with zero attached hydrogens (tertiary/aromatic N) is 2. The van der Waals surface area contributed by atoms with Crippen LogP contribution in [0.15, 0.2) is 36.1 Å². The van der Waals surface area contributed by atoms with E-state index >= 15 is 0 Å². The molecule has 1 rings (SSSR count). The average molecular weight is 304 g/mol. The van der Waals surface area contributed by atoms with E-state index in [-0.39, 0.29) is 5.57 Å². The van der Waals surface area contributed by atoms with Crippen LogP contribution in [0.3, 0.4) is 0 Å². The summed E-state index contributed by atoms with van der Waals surface area (Å²) in [6.45, 7) is 4.59. The quantitative estimate of drug-likeness (QED) is 0.390. The van der Waals surface area contributed by atoms with Crippen molar-refractivity contribution in [3.8, 4) is 6.07 Å². The molecular weight excluding hydrogens is 280 g/mol. The molecule has 0 aromatic carbocycles. The maximum absolute atomic E-state index is 11.9. The van der Waals surface area contributed by atoms with Gasteiger partial charge in [0.2, 0.25) is 0 Å². The maximum Gasteiger partial charge on any atom is 0.348 e. The Morgan fingerprint density at radius 3 is 2.86 bits per heavy atom. The molecule has 0 aromatic heterocycles. The first-order chi connectivity index (χ1) is 10.6. The molecule has 0 fully saturated rings. The third-order valence-electron chi connectivity index (χ3n) is 3.55. The molecule has 0 bridgehead atoms. The van der Waals surface area contributed by atoms with E-state index in [2.05, 4.69) is 13.8 Å². The summed E-state index contributed by atoms with van der Waals surface area (Å²) in [6.07, 6.45) is 10.5. The molecule has 0 N–H and O–H groups in total. The van der Waals surface area contributed by atoms with Crippen molar-refractivity contribution < 1.29 is 14.3 Å². The molecule has 0 aromatic rings. The molecule has 5 nitrogen and oxygen atoms in total. The predicted molar refractivity (Wildman–Crippen MR) is 84.0 cm³/mol. The fraction of sp³-hybridized carbons (Fsp3) is 0.529. The lowest BCUT2D eigenvalue weighted by molar-refractivity contribution is -0.140. The first-order valence-electron chi connectivity index (χ1n) is 7.67. The van der Waals surface area contributed by atoms with E-state index in [1.807, 2.05) is 13.1 Å². The summed E-state index contributed by atoms with van der Waals surface area (Å²) >= 11 is 0. The fourth-order valence-electron chi connectivity index (χ4n) is 1.98. The van der Waals surface area contributed by atoms with Gasteiger partial charge in [-0.25, -0.2) is 4.79 Å². The van der Waals surface area contributed by atoms with Gasteiger partial charge in [-0.15, -0.1) is 0 Å². The number of nitriles is 1. The van der Waals surface area contributed by atoms with Crippen LogP contribution < -0.4 is 0 Å². The van der Waals surface area contributed by atoms with Crippen LogP contribution in [-0.2, 0) is 14.3 Å². The highest BCUT2D eigenvalue weighted by molar-refractivity contribution is 5.93. The minimum absolute atomic E-state index is 0.0262. The molecule has 0 saturated heterocycles. The van der Waals surface area contributed by atoms with Gasteiger partial charge in [-0.2, -0.15) is 5.26 Å². The lowest BCUT2D eigenvalue weighted by atomic mass is 10.0. The van der Waals surface area contributed by atoms with E-state index < -0.39 is 5.97 Å². The largest absolute Gasteiger partial charge is 0.461 e. The van der Waals surface area contributed by atoms with E-state index in [0.717, 1.165) is 25.7 Å². The summed E-state index contributed by atoms with van der Waals surface area (Å²) < 4.78 is 10.5. The van der Waals surface area contributed by atoms with Crippen molar-refractivity contribution in [2.75, 3.05) is 13.7 Å². The fourth-order valence-corrected chi connectivity index (χ4v) is 1.98. The van der Waals surface area contributed by atoms with Gasteiger partial charge < -0.3 is 14.4 Å². The molecular formula is C17H24N2O3. The highest BCUT2D eigenvalue weighted by Gasteiger charge is 2.14. The average Bonchev–Trinajstić information content (AvgIpc) is 2.93. The molecule has 0 amide bonds. The highest BCUT2D eigenvalue weighted by Crippen LogP contribution is 2.15. The standard InChI is InChI=1S/C17H24N2O3/c1-4-6-7-14(5-2)13-22-17(20)15(12-18)8-9-16-19(3)10-11-21-16/h8-11,14H,4-7,13H2,1-3H3/b15-8+,16-9-/t14-/m0/s1. The Morgan fingerprint density at radius 2 is 2.32 bits per heavy atom. The molecule has 0 radical (unpaired) electrons. The number of ether oxygens (including phenoxy) is 2. The van der Waals surface area contributed by atoms with Crippen LogP contribution in [0.1, 0.15) is 39.5 Å². The number of allylic oxidation sites excluding steroid dienone is 2. The third kappa shape index (κ3) is 5.65. The molecule has 0 spiro atoms. The lowest BCUT2D eigenvalue weighted by Gasteiger charge is -2.14. The molecule has 5 heteroatoms. The van der Waals surface area contributed by atoms with Crippen molar-refractivity contribution in [3.05, 3.63) is 36.1 Å². The van der Waals surface area contributed by atoms with E-state index in [9.17, 15) is 4.79 Å². The molecule has 0 unspecified atom stereocenters. The van der Waals surface area contributed by atoms with Crippen LogP contribution in [0, 0.1) is 17.2 Å². The van der Waals surface area contributed by atoms with Crippen LogP contribution in [0.2, 0.25) is 0 Å². The van der Waals surface area contributed by atoms with Gasteiger partial charge in [0.15, 0.2) is 5.88 Å². The van der Waals surface area contributed by atoms with Gasteiger partial charge in [0.1, 0.15) is 17.9 Å². The molecule has 0 aliphatic carbocycles. The minimum Gasteiger partial charge on any atom is -0.461 e. The number of carbonyl (C=O) groups is 1. The van der Waals surface area contributed by atoms with Crippen molar-refractivity contribution in [1.29, 1.82) is 5.26 Å². The number of unbranched alkanes of at least 4 members (excludes halogenated alkanes) is 1. The van der Waals surface area contributed by atoms with Crippen LogP contribution in [0.4, 0.5) is 0 Å². The summed E-state index contributed by atoms with van der Waals surface area (Å²) in [5.41, 5.74) is -0.0262. The Balaban J connectivity index is 2.56. The zero-order chi connectivity index (χ0) is 16.4. The topological polar surface area (TPSA) is 62.6 Å². The number of hydrogen-bond donors (Lipinski definition) is 0. The van der Waals surface area contributed by atoms with Gasteiger partial charge in [0.05, 0.1) is 6.61 Å². The number of esters is 1. The Morgan fingerprint density at radius 1 is 1.55 bits per heavy atom. The first kappa shape index (κ1) is 17.8. The maximum atomic E-state index is 11.9. The smallest absolute Gasteiger partial charge is 0.348 e. The molecule has 1 heterocycles. The van der Waals surface area contributed by atoms with Crippen molar-refractivity contribution in [1.82, 2.24) is 4.90 Å². The second-order valence-electron chi connectivity index (χ2n) is 5.23. The monoisotopic (exact) mass is 304 g/mol. The van der Waals surface area contributed by atoms with E-state index in [0.29, 0.717) is 18.4 Å². The Kier molecular flexibility index (Phi) is 7.84. The van der Waals surface area contributed by atoms with Crippen molar-refractivity contribution in [3.63, 3.8) is 0 Å². The van der Waals surface area contributed by atoms with Crippen LogP contribution in [-0.4, -0.2) is 24.5 Å². The van der Waals surface area contributed by atoms with E-state index in [1.54, 1.807) is 17.2 Å². The minimum atomic E-state index is -0.581. The highest BCUT2D eigenvalue weighted by atomic mass is 16.5. The van der Waals surface area contributed by atoms with Gasteiger partial charge in [-0.1, -0.05) is 33.1 Å². The Hall–Kier alpha value is -2.22. The van der Waals surface area contributed by atoms with Gasteiger partial charge in [-0.05, 0) is 18.4 Å². The Bertz CT molecular complexity index is 501. The van der Waals surface area contributed by atoms with Crippen molar-refractivity contribution >= 4 is 5.97 Å². The third-order valence-corrected chi connectivity index (χ3v) is 3.55. The second kappa shape index (κ2) is 9.67. The normalized spacial score (nSPS) is 17.3. The van der Waals surface area contributed by atoms with Crippen LogP contribution in [0.25, 0.3) is 0 Å². The lowest BCUT2D eigenvalue weighted by Crippen LogP contribution is -2.15. The first-order valence-corrected chi connectivity index (χ1v) is 7.67. The molecule has 120 valence electrons. The van der Waals surface area contributed by atoms with Gasteiger partial charge in [0.25, 0.3) is 0 Å². The summed E-state index contributed by atoms with van der Waals surface area (Å²) in [5.74, 6) is 0.327. The van der Waals surface area contributed by atoms with Crippen molar-refractivity contribution in [2.24, 2.45) is 5.92 Å². The Labute approximate surface area is 132 Å². The van der Waals surface area contributed by atoms with E-state index in [4.69, 9.17) is 14.7 Å². The predicted octanol–water partition coefficient (Wildman–Crippen LogP) is 3.47. The van der Waals surface area contributed by atoms with Gasteiger partial charge >= 0.3 is 5.97 Å². The number of carbonyl (C=O) groups excluding carboxylic acids is 1. The van der Waals surface area contributed by atoms with Gasteiger partial charge in [0, 0.05) is 19.3 Å². The molecule has 1 aliphatic heterocycles. The molecule has 1 atom stereocenters. The van der Waals surface area contributed by atoms with E-state index in [1.165, 1.54) is 12.3 Å². The second-order valence-corrected chi connectivity index (χ2v) is 5.23. The zero-order valence-electron chi connectivity index (χ0n) is 13.5. The molecule has 1 aliphatic rings. The zero-order valence-corrected chi connectivity index (χ0v) is 13.5. The van der Waals surface area contributed by atoms with Crippen LogP contribution >= 0.6 is 0 Å².